The van der Waals surface area contributed by atoms with Gasteiger partial charge in [-0.2, -0.15) is 0 Å². The number of ether oxygens (including phenoxy) is 3. The van der Waals surface area contributed by atoms with Crippen LogP contribution in [0.15, 0.2) is 97.2 Å². The van der Waals surface area contributed by atoms with Crippen molar-refractivity contribution in [2.24, 2.45) is 0 Å². The van der Waals surface area contributed by atoms with E-state index >= 15 is 0 Å². The van der Waals surface area contributed by atoms with Gasteiger partial charge in [-0.3, -0.25) is 14.4 Å². The quantitative estimate of drug-likeness (QED) is 0.0261. The van der Waals surface area contributed by atoms with Gasteiger partial charge in [0.1, 0.15) is 13.2 Å². The third kappa shape index (κ3) is 69.0. The van der Waals surface area contributed by atoms with Crippen LogP contribution in [-0.4, -0.2) is 37.2 Å². The van der Waals surface area contributed by atoms with Gasteiger partial charge in [-0.15, -0.1) is 0 Å². The van der Waals surface area contributed by atoms with Crippen LogP contribution in [0.1, 0.15) is 355 Å². The summed E-state index contributed by atoms with van der Waals surface area (Å²) in [6, 6.07) is 0. The molecule has 1 unspecified atom stereocenters. The zero-order valence-corrected chi connectivity index (χ0v) is 54.9. The highest BCUT2D eigenvalue weighted by molar-refractivity contribution is 5.71. The highest BCUT2D eigenvalue weighted by atomic mass is 16.6. The Labute approximate surface area is 515 Å². The highest BCUT2D eigenvalue weighted by Gasteiger charge is 2.19. The van der Waals surface area contributed by atoms with Crippen molar-refractivity contribution in [2.75, 3.05) is 13.2 Å². The first-order chi connectivity index (χ1) is 41.0. The molecule has 0 heterocycles. The summed E-state index contributed by atoms with van der Waals surface area (Å²) in [7, 11) is 0. The van der Waals surface area contributed by atoms with Gasteiger partial charge in [-0.05, 0) is 122 Å². The molecule has 0 amide bonds. The maximum absolute atomic E-state index is 13.0. The molecule has 1 atom stereocenters. The van der Waals surface area contributed by atoms with Crippen molar-refractivity contribution >= 4 is 17.9 Å². The molecule has 0 aromatic rings. The minimum absolute atomic E-state index is 0.0799. The summed E-state index contributed by atoms with van der Waals surface area (Å²) >= 11 is 0. The summed E-state index contributed by atoms with van der Waals surface area (Å²) in [6.45, 7) is 6.53. The van der Waals surface area contributed by atoms with Gasteiger partial charge in [-0.25, -0.2) is 0 Å². The van der Waals surface area contributed by atoms with Gasteiger partial charge in [0.05, 0.1) is 0 Å². The predicted molar refractivity (Wildman–Crippen MR) is 362 cm³/mol. The first-order valence-corrected chi connectivity index (χ1v) is 35.7. The number of rotatable bonds is 65. The largest absolute Gasteiger partial charge is 0.462 e. The van der Waals surface area contributed by atoms with Crippen LogP contribution >= 0.6 is 0 Å². The van der Waals surface area contributed by atoms with Crippen molar-refractivity contribution in [1.82, 2.24) is 0 Å². The molecule has 0 aliphatic rings. The summed E-state index contributed by atoms with van der Waals surface area (Å²) in [5.41, 5.74) is 0. The fourth-order valence-corrected chi connectivity index (χ4v) is 10.2. The molecule has 0 saturated carbocycles. The number of carbonyl (C=O) groups is 3. The molecule has 0 aromatic heterocycles. The monoisotopic (exact) mass is 1160 g/mol. The molecule has 0 aliphatic carbocycles. The smallest absolute Gasteiger partial charge is 0.306 e. The van der Waals surface area contributed by atoms with Gasteiger partial charge in [0, 0.05) is 19.3 Å². The van der Waals surface area contributed by atoms with Crippen molar-refractivity contribution in [1.29, 1.82) is 0 Å². The Hall–Kier alpha value is -3.67. The first kappa shape index (κ1) is 79.3. The lowest BCUT2D eigenvalue weighted by Crippen LogP contribution is -2.30. The van der Waals surface area contributed by atoms with Gasteiger partial charge in [0.25, 0.3) is 0 Å². The third-order valence-corrected chi connectivity index (χ3v) is 15.5. The zero-order chi connectivity index (χ0) is 59.9. The van der Waals surface area contributed by atoms with Gasteiger partial charge in [-0.1, -0.05) is 311 Å². The molecule has 0 fully saturated rings. The van der Waals surface area contributed by atoms with Gasteiger partial charge >= 0.3 is 17.9 Å². The molecule has 83 heavy (non-hydrogen) atoms. The maximum Gasteiger partial charge on any atom is 0.306 e. The van der Waals surface area contributed by atoms with Crippen LogP contribution in [0.3, 0.4) is 0 Å². The topological polar surface area (TPSA) is 78.9 Å². The molecule has 0 bridgehead atoms. The fourth-order valence-electron chi connectivity index (χ4n) is 10.2. The van der Waals surface area contributed by atoms with E-state index in [4.69, 9.17) is 14.2 Å². The van der Waals surface area contributed by atoms with E-state index in [1.807, 2.05) is 0 Å². The SMILES string of the molecule is CC/C=C\C/C=C\C/C=C\C/C=C\C/C=C\CCCCCCCCCCCCCCCCCC(=O)OCC(COC(=O)CCCCCCC/C=C\C/C=C\CCCCC)OC(=O)CCCCCCCCCCC/C=C\CCCCCCCC. The van der Waals surface area contributed by atoms with E-state index < -0.39 is 6.10 Å². The summed E-state index contributed by atoms with van der Waals surface area (Å²) in [4.78, 5) is 38.5. The van der Waals surface area contributed by atoms with Crippen molar-refractivity contribution < 1.29 is 28.6 Å². The first-order valence-electron chi connectivity index (χ1n) is 35.7. The second-order valence-corrected chi connectivity index (χ2v) is 23.8. The van der Waals surface area contributed by atoms with E-state index in [0.29, 0.717) is 19.3 Å². The van der Waals surface area contributed by atoms with E-state index in [0.717, 1.165) is 109 Å². The van der Waals surface area contributed by atoms with Crippen molar-refractivity contribution in [3.05, 3.63) is 97.2 Å². The molecule has 0 saturated heterocycles. The Morgan fingerprint density at radius 3 is 0.771 bits per heavy atom. The molecular weight excluding hydrogens is 1020 g/mol. The van der Waals surface area contributed by atoms with Crippen LogP contribution < -0.4 is 0 Å². The molecule has 6 heteroatoms. The average Bonchev–Trinajstić information content (AvgIpc) is 3.49. The second kappa shape index (κ2) is 70.8. The lowest BCUT2D eigenvalue weighted by atomic mass is 10.0. The van der Waals surface area contributed by atoms with Crippen LogP contribution in [0.25, 0.3) is 0 Å². The number of hydrogen-bond acceptors (Lipinski definition) is 6. The molecule has 0 aliphatic heterocycles. The molecular formula is C77H134O6. The van der Waals surface area contributed by atoms with Crippen LogP contribution in [0, 0.1) is 0 Å². The fraction of sp³-hybridized carbons (Fsp3) is 0.753. The van der Waals surface area contributed by atoms with Crippen LogP contribution in [-0.2, 0) is 28.6 Å². The van der Waals surface area contributed by atoms with E-state index in [9.17, 15) is 14.4 Å². The van der Waals surface area contributed by atoms with Gasteiger partial charge in [0.15, 0.2) is 6.10 Å². The molecule has 0 radical (unpaired) electrons. The Morgan fingerprint density at radius 2 is 0.470 bits per heavy atom. The van der Waals surface area contributed by atoms with Crippen molar-refractivity contribution in [3.63, 3.8) is 0 Å². The van der Waals surface area contributed by atoms with E-state index in [-0.39, 0.29) is 31.1 Å². The molecule has 6 nitrogen and oxygen atoms in total. The Kier molecular flexibility index (Phi) is 67.7. The van der Waals surface area contributed by atoms with Gasteiger partial charge < -0.3 is 14.2 Å². The van der Waals surface area contributed by atoms with Crippen LogP contribution in [0.2, 0.25) is 0 Å². The van der Waals surface area contributed by atoms with E-state index in [1.54, 1.807) is 0 Å². The lowest BCUT2D eigenvalue weighted by Gasteiger charge is -2.18. The van der Waals surface area contributed by atoms with E-state index in [2.05, 4.69) is 118 Å². The zero-order valence-electron chi connectivity index (χ0n) is 54.9. The Morgan fingerprint density at radius 1 is 0.253 bits per heavy atom. The van der Waals surface area contributed by atoms with Gasteiger partial charge in [0.2, 0.25) is 0 Å². The summed E-state index contributed by atoms with van der Waals surface area (Å²) in [5.74, 6) is -0.879. The minimum atomic E-state index is -0.785. The predicted octanol–water partition coefficient (Wildman–Crippen LogP) is 24.8. The number of allylic oxidation sites excluding steroid dienone is 16. The number of carbonyl (C=O) groups excluding carboxylic acids is 3. The standard InChI is InChI=1S/C77H134O6/c1-4-7-10-13-16-19-22-25-28-30-32-33-34-35-36-37-38-39-40-41-42-43-45-46-49-52-55-58-61-64-67-70-76(79)82-73-74(72-81-75(78)69-66-63-60-57-54-51-48-27-24-21-18-15-12-9-6-3)83-77(80)71-68-65-62-59-56-53-50-47-44-31-29-26-23-20-17-14-11-8-5-2/h7,10,16,18-19,21,25-29,32-33,35-36,48,74H,4-6,8-9,11-15,17,20,22-24,30-31,34,37-47,49-73H2,1-3H3/b10-7-,19-16-,21-18-,28-25-,29-26-,33-32-,36-35-,48-27-. The number of esters is 3. The molecule has 478 valence electrons. The van der Waals surface area contributed by atoms with E-state index in [1.165, 1.54) is 205 Å². The summed E-state index contributed by atoms with van der Waals surface area (Å²) in [5, 5.41) is 0. The number of hydrogen-bond donors (Lipinski definition) is 0. The average molecular weight is 1160 g/mol. The normalized spacial score (nSPS) is 12.7. The summed E-state index contributed by atoms with van der Waals surface area (Å²) < 4.78 is 17.0. The van der Waals surface area contributed by atoms with Crippen molar-refractivity contribution in [3.8, 4) is 0 Å². The Balaban J connectivity index is 4.26. The highest BCUT2D eigenvalue weighted by Crippen LogP contribution is 2.17. The third-order valence-electron chi connectivity index (χ3n) is 15.5. The van der Waals surface area contributed by atoms with Crippen molar-refractivity contribution in [2.45, 2.75) is 361 Å². The molecule has 0 rings (SSSR count). The Bertz CT molecular complexity index is 1610. The number of unbranched alkanes of at least 4 members (excludes halogenated alkanes) is 38. The minimum Gasteiger partial charge on any atom is -0.462 e. The van der Waals surface area contributed by atoms with Crippen LogP contribution in [0.5, 0.6) is 0 Å². The van der Waals surface area contributed by atoms with Crippen LogP contribution in [0.4, 0.5) is 0 Å². The lowest BCUT2D eigenvalue weighted by molar-refractivity contribution is -0.167. The molecule has 0 N–H and O–H groups in total. The maximum atomic E-state index is 13.0. The molecule has 0 aromatic carbocycles. The molecule has 0 spiro atoms. The summed E-state index contributed by atoms with van der Waals surface area (Å²) in [6.07, 6.45) is 95.8. The second-order valence-electron chi connectivity index (χ2n) is 23.8.